The Morgan fingerprint density at radius 2 is 2.21 bits per heavy atom. The summed E-state index contributed by atoms with van der Waals surface area (Å²) >= 11 is 5.90. The van der Waals surface area contributed by atoms with Crippen molar-refractivity contribution in [3.05, 3.63) is 34.3 Å². The van der Waals surface area contributed by atoms with Crippen molar-refractivity contribution in [1.82, 2.24) is 0 Å². The van der Waals surface area contributed by atoms with Crippen LogP contribution in [0.2, 0.25) is 5.02 Å². The van der Waals surface area contributed by atoms with Gasteiger partial charge in [-0.3, -0.25) is 0 Å². The first-order valence-electron chi connectivity index (χ1n) is 4.74. The van der Waals surface area contributed by atoms with E-state index in [1.165, 1.54) is 0 Å². The fourth-order valence-electron chi connectivity index (χ4n) is 1.58. The fourth-order valence-corrected chi connectivity index (χ4v) is 1.82. The number of halogens is 2. The minimum absolute atomic E-state index is 0.268. The second-order valence-corrected chi connectivity index (χ2v) is 3.83. The first kappa shape index (κ1) is 11.5. The summed E-state index contributed by atoms with van der Waals surface area (Å²) in [5.74, 6) is 0.268. The van der Waals surface area contributed by atoms with Crippen molar-refractivity contribution < 1.29 is 4.39 Å². The van der Waals surface area contributed by atoms with Crippen LogP contribution in [0.15, 0.2) is 18.2 Å². The molecule has 0 saturated carbocycles. The van der Waals surface area contributed by atoms with Gasteiger partial charge in [-0.25, -0.2) is 4.39 Å². The second-order valence-electron chi connectivity index (χ2n) is 3.42. The van der Waals surface area contributed by atoms with Crippen LogP contribution in [-0.4, -0.2) is 6.54 Å². The van der Waals surface area contributed by atoms with Crippen molar-refractivity contribution in [3.63, 3.8) is 0 Å². The molecular formula is C11H15ClFN. The SMILES string of the molecule is CC(CCN)c1cccc(Cl)c1CF. The first-order chi connectivity index (χ1) is 6.70. The molecule has 2 N–H and O–H groups in total. The minimum Gasteiger partial charge on any atom is -0.330 e. The molecule has 0 aliphatic heterocycles. The lowest BCUT2D eigenvalue weighted by Crippen LogP contribution is -2.06. The highest BCUT2D eigenvalue weighted by molar-refractivity contribution is 6.31. The Balaban J connectivity index is 3.00. The molecule has 1 atom stereocenters. The number of alkyl halides is 1. The predicted molar refractivity (Wildman–Crippen MR) is 58.4 cm³/mol. The molecule has 1 unspecified atom stereocenters. The third-order valence-corrected chi connectivity index (χ3v) is 2.77. The van der Waals surface area contributed by atoms with Gasteiger partial charge in [-0.05, 0) is 30.5 Å². The number of nitrogens with two attached hydrogens (primary N) is 1. The maximum absolute atomic E-state index is 12.7. The van der Waals surface area contributed by atoms with Crippen LogP contribution < -0.4 is 5.73 Å². The summed E-state index contributed by atoms with van der Waals surface area (Å²) in [6.07, 6.45) is 0.855. The van der Waals surface area contributed by atoms with Gasteiger partial charge >= 0.3 is 0 Å². The molecule has 78 valence electrons. The van der Waals surface area contributed by atoms with Crippen molar-refractivity contribution >= 4 is 11.6 Å². The molecule has 0 aliphatic rings. The highest BCUT2D eigenvalue weighted by atomic mass is 35.5. The number of benzene rings is 1. The van der Waals surface area contributed by atoms with Crippen LogP contribution in [0.1, 0.15) is 30.4 Å². The zero-order chi connectivity index (χ0) is 10.6. The smallest absolute Gasteiger partial charge is 0.116 e. The van der Waals surface area contributed by atoms with Gasteiger partial charge < -0.3 is 5.73 Å². The largest absolute Gasteiger partial charge is 0.330 e. The van der Waals surface area contributed by atoms with Crippen LogP contribution in [0.25, 0.3) is 0 Å². The number of hydrogen-bond acceptors (Lipinski definition) is 1. The molecule has 0 radical (unpaired) electrons. The van der Waals surface area contributed by atoms with Crippen molar-refractivity contribution in [3.8, 4) is 0 Å². The molecule has 0 aromatic heterocycles. The van der Waals surface area contributed by atoms with Gasteiger partial charge in [0.05, 0.1) is 0 Å². The maximum atomic E-state index is 12.7. The first-order valence-corrected chi connectivity index (χ1v) is 5.11. The monoisotopic (exact) mass is 215 g/mol. The summed E-state index contributed by atoms with van der Waals surface area (Å²) in [6, 6.07) is 5.49. The molecule has 0 spiro atoms. The normalized spacial score (nSPS) is 12.9. The van der Waals surface area contributed by atoms with E-state index in [2.05, 4.69) is 0 Å². The summed E-state index contributed by atoms with van der Waals surface area (Å²) in [6.45, 7) is 2.14. The Morgan fingerprint density at radius 3 is 2.79 bits per heavy atom. The zero-order valence-electron chi connectivity index (χ0n) is 8.26. The maximum Gasteiger partial charge on any atom is 0.116 e. The summed E-state index contributed by atoms with van der Waals surface area (Å²) in [4.78, 5) is 0. The molecule has 0 aliphatic carbocycles. The van der Waals surface area contributed by atoms with Gasteiger partial charge in [0.25, 0.3) is 0 Å². The number of rotatable bonds is 4. The summed E-state index contributed by atoms with van der Waals surface area (Å²) < 4.78 is 12.7. The standard InChI is InChI=1S/C11H15ClFN/c1-8(5-6-14)9-3-2-4-11(12)10(9)7-13/h2-4,8H,5-7,14H2,1H3. The summed E-state index contributed by atoms with van der Waals surface area (Å²) in [5.41, 5.74) is 7.05. The Bertz CT molecular complexity index is 301. The van der Waals surface area contributed by atoms with E-state index < -0.39 is 6.67 Å². The molecule has 1 rings (SSSR count). The van der Waals surface area contributed by atoms with Crippen LogP contribution in [0, 0.1) is 0 Å². The molecule has 0 saturated heterocycles. The van der Waals surface area contributed by atoms with E-state index in [4.69, 9.17) is 17.3 Å². The zero-order valence-corrected chi connectivity index (χ0v) is 9.02. The lowest BCUT2D eigenvalue weighted by atomic mass is 9.93. The van der Waals surface area contributed by atoms with E-state index in [9.17, 15) is 4.39 Å². The van der Waals surface area contributed by atoms with E-state index in [-0.39, 0.29) is 5.92 Å². The van der Waals surface area contributed by atoms with Crippen molar-refractivity contribution in [1.29, 1.82) is 0 Å². The Kier molecular flexibility index (Phi) is 4.36. The van der Waals surface area contributed by atoms with E-state index in [1.807, 2.05) is 19.1 Å². The van der Waals surface area contributed by atoms with Crippen molar-refractivity contribution in [2.24, 2.45) is 5.73 Å². The van der Waals surface area contributed by atoms with Crippen molar-refractivity contribution in [2.75, 3.05) is 6.54 Å². The molecule has 14 heavy (non-hydrogen) atoms. The van der Waals surface area contributed by atoms with Gasteiger partial charge in [0.2, 0.25) is 0 Å². The molecule has 0 amide bonds. The van der Waals surface area contributed by atoms with E-state index in [0.29, 0.717) is 17.1 Å². The topological polar surface area (TPSA) is 26.0 Å². The van der Waals surface area contributed by atoms with Crippen LogP contribution in [-0.2, 0) is 6.67 Å². The van der Waals surface area contributed by atoms with Crippen LogP contribution in [0.4, 0.5) is 4.39 Å². The van der Waals surface area contributed by atoms with Gasteiger partial charge in [0, 0.05) is 10.6 Å². The molecule has 1 aromatic rings. The van der Waals surface area contributed by atoms with E-state index in [0.717, 1.165) is 12.0 Å². The molecule has 0 bridgehead atoms. The second kappa shape index (κ2) is 5.32. The van der Waals surface area contributed by atoms with Crippen molar-refractivity contribution in [2.45, 2.75) is 25.9 Å². The average molecular weight is 216 g/mol. The quantitative estimate of drug-likeness (QED) is 0.820. The molecular weight excluding hydrogens is 201 g/mol. The third kappa shape index (κ3) is 2.46. The molecule has 0 heterocycles. The molecule has 3 heteroatoms. The highest BCUT2D eigenvalue weighted by Gasteiger charge is 2.12. The number of hydrogen-bond donors (Lipinski definition) is 1. The summed E-state index contributed by atoms with van der Waals surface area (Å²) in [5, 5.41) is 0.508. The van der Waals surface area contributed by atoms with Crippen LogP contribution >= 0.6 is 11.6 Å². The third-order valence-electron chi connectivity index (χ3n) is 2.42. The minimum atomic E-state index is -0.510. The van der Waals surface area contributed by atoms with Crippen LogP contribution in [0.5, 0.6) is 0 Å². The van der Waals surface area contributed by atoms with Gasteiger partial charge in [-0.1, -0.05) is 30.7 Å². The fraction of sp³-hybridized carbons (Fsp3) is 0.455. The Morgan fingerprint density at radius 1 is 1.50 bits per heavy atom. The average Bonchev–Trinajstić information content (AvgIpc) is 2.17. The van der Waals surface area contributed by atoms with Gasteiger partial charge in [-0.2, -0.15) is 0 Å². The molecule has 1 nitrogen and oxygen atoms in total. The van der Waals surface area contributed by atoms with Crippen LogP contribution in [0.3, 0.4) is 0 Å². The highest BCUT2D eigenvalue weighted by Crippen LogP contribution is 2.28. The Labute approximate surface area is 89.1 Å². The van der Waals surface area contributed by atoms with Gasteiger partial charge in [-0.15, -0.1) is 0 Å². The molecule has 1 aromatic carbocycles. The lowest BCUT2D eigenvalue weighted by Gasteiger charge is -2.14. The van der Waals surface area contributed by atoms with Gasteiger partial charge in [0.1, 0.15) is 6.67 Å². The summed E-state index contributed by atoms with van der Waals surface area (Å²) in [7, 11) is 0. The lowest BCUT2D eigenvalue weighted by molar-refractivity contribution is 0.479. The van der Waals surface area contributed by atoms with E-state index >= 15 is 0 Å². The Hall–Kier alpha value is -0.600. The van der Waals surface area contributed by atoms with Gasteiger partial charge in [0.15, 0.2) is 0 Å². The molecule has 0 fully saturated rings. The predicted octanol–water partition coefficient (Wildman–Crippen LogP) is 3.26. The van der Waals surface area contributed by atoms with E-state index in [1.54, 1.807) is 6.07 Å².